The summed E-state index contributed by atoms with van der Waals surface area (Å²) >= 11 is 0. The quantitative estimate of drug-likeness (QED) is 0.152. The van der Waals surface area contributed by atoms with Crippen LogP contribution in [0.3, 0.4) is 0 Å². The monoisotopic (exact) mass is 1040 g/mol. The van der Waals surface area contributed by atoms with Gasteiger partial charge in [-0.3, -0.25) is 0 Å². The van der Waals surface area contributed by atoms with Crippen molar-refractivity contribution in [2.75, 3.05) is 9.80 Å². The molecule has 5 aromatic heterocycles. The van der Waals surface area contributed by atoms with E-state index in [0.29, 0.717) is 0 Å². The minimum absolute atomic E-state index is 0.791. The largest absolute Gasteiger partial charge is 0.456 e. The number of hydrogen-bond acceptors (Lipinski definition) is 5. The van der Waals surface area contributed by atoms with Gasteiger partial charge in [-0.05, 0) is 147 Å². The second kappa shape index (κ2) is 17.4. The zero-order valence-electron chi connectivity index (χ0n) is 44.3. The van der Waals surface area contributed by atoms with Gasteiger partial charge in [-0.2, -0.15) is 0 Å². The maximum absolute atomic E-state index is 6.89. The van der Waals surface area contributed by atoms with Crippen molar-refractivity contribution in [3.8, 4) is 11.4 Å². The summed E-state index contributed by atoms with van der Waals surface area (Å²) < 4.78 is 25.3. The maximum Gasteiger partial charge on any atom is 0.137 e. The summed E-state index contributed by atoms with van der Waals surface area (Å²) in [5.74, 6) is 0. The summed E-state index contributed by atoms with van der Waals surface area (Å²) in [6.45, 7) is 4.26. The van der Waals surface area contributed by atoms with Crippen LogP contribution in [-0.2, 0) is 0 Å². The van der Waals surface area contributed by atoms with Gasteiger partial charge in [0.05, 0.1) is 33.4 Å². The lowest BCUT2D eigenvalue weighted by Gasteiger charge is -2.26. The van der Waals surface area contributed by atoms with E-state index in [4.69, 9.17) is 13.3 Å². The number of aromatic nitrogens is 2. The molecule has 0 bridgehead atoms. The Labute approximate surface area is 464 Å². The van der Waals surface area contributed by atoms with Crippen LogP contribution < -0.4 is 9.80 Å². The lowest BCUT2D eigenvalue weighted by Crippen LogP contribution is -2.10. The van der Waals surface area contributed by atoms with E-state index < -0.39 is 0 Å². The Hall–Kier alpha value is -10.8. The van der Waals surface area contributed by atoms with Crippen molar-refractivity contribution in [2.24, 2.45) is 0 Å². The zero-order chi connectivity index (χ0) is 53.4. The van der Waals surface area contributed by atoms with E-state index in [2.05, 4.69) is 288 Å². The molecule has 0 saturated heterocycles. The van der Waals surface area contributed by atoms with E-state index in [0.717, 1.165) is 133 Å². The zero-order valence-corrected chi connectivity index (χ0v) is 44.3. The smallest absolute Gasteiger partial charge is 0.137 e. The SMILES string of the molecule is Cc1ccc(-n2c3ccccc3c3c(N(c4ccccc4)c4ccc5c(c4)oc4cc6c(cc45)oc4cc5c(cc46)oc4cc(N(c6ccccc6)c6cccc7c6c6ccccc6n7-c6ccc(C)cc6)ccc45)cccc32)cc1. The number of aryl methyl sites for hydroxylation is 2. The molecule has 7 nitrogen and oxygen atoms in total. The van der Waals surface area contributed by atoms with Crippen molar-refractivity contribution in [3.05, 3.63) is 266 Å². The molecular formula is C74H48N4O3. The summed E-state index contributed by atoms with van der Waals surface area (Å²) in [4.78, 5) is 4.71. The van der Waals surface area contributed by atoms with E-state index >= 15 is 0 Å². The molecule has 0 aliphatic rings. The number of fused-ring (bicyclic) bond motifs is 15. The predicted molar refractivity (Wildman–Crippen MR) is 336 cm³/mol. The molecule has 81 heavy (non-hydrogen) atoms. The van der Waals surface area contributed by atoms with E-state index in [1.54, 1.807) is 0 Å². The first-order valence-electron chi connectivity index (χ1n) is 27.6. The lowest BCUT2D eigenvalue weighted by atomic mass is 10.1. The van der Waals surface area contributed by atoms with Gasteiger partial charge in [0.15, 0.2) is 0 Å². The maximum atomic E-state index is 6.89. The fourth-order valence-corrected chi connectivity index (χ4v) is 12.9. The average molecular weight is 1040 g/mol. The molecule has 0 amide bonds. The summed E-state index contributed by atoms with van der Waals surface area (Å²) in [5.41, 5.74) is 20.3. The second-order valence-electron chi connectivity index (χ2n) is 21.4. The third-order valence-electron chi connectivity index (χ3n) is 16.6. The van der Waals surface area contributed by atoms with Gasteiger partial charge >= 0.3 is 0 Å². The highest BCUT2D eigenvalue weighted by atomic mass is 16.3. The minimum Gasteiger partial charge on any atom is -0.456 e. The van der Waals surface area contributed by atoms with Gasteiger partial charge in [0.1, 0.15) is 33.5 Å². The Balaban J connectivity index is 0.779. The van der Waals surface area contributed by atoms with Crippen molar-refractivity contribution >= 4 is 144 Å². The molecule has 0 spiro atoms. The molecule has 382 valence electrons. The van der Waals surface area contributed by atoms with Crippen molar-refractivity contribution in [1.82, 2.24) is 9.13 Å². The highest BCUT2D eigenvalue weighted by molar-refractivity contribution is 6.21. The molecule has 0 N–H and O–H groups in total. The van der Waals surface area contributed by atoms with Crippen LogP contribution in [0.25, 0.3) is 121 Å². The number of hydrogen-bond donors (Lipinski definition) is 0. The van der Waals surface area contributed by atoms with E-state index in [1.165, 1.54) is 32.7 Å². The summed E-state index contributed by atoms with van der Waals surface area (Å²) in [5, 5.41) is 10.7. The Morgan fingerprint density at radius 1 is 0.259 bits per heavy atom. The molecule has 17 rings (SSSR count). The first kappa shape index (κ1) is 45.3. The Bertz CT molecular complexity index is 5040. The van der Waals surface area contributed by atoms with Gasteiger partial charge in [0.25, 0.3) is 0 Å². The molecular weight excluding hydrogens is 993 g/mol. The van der Waals surface area contributed by atoms with Crippen LogP contribution in [0.2, 0.25) is 0 Å². The van der Waals surface area contributed by atoms with Gasteiger partial charge in [0.2, 0.25) is 0 Å². The molecule has 0 atom stereocenters. The Morgan fingerprint density at radius 3 is 1.01 bits per heavy atom. The third kappa shape index (κ3) is 6.88. The molecule has 0 unspecified atom stereocenters. The standard InChI is InChI=1S/C74H48N4O3/c1-45-27-31-49(32-28-45)77-61-21-11-9-19-55(61)73-63(23-13-25-65(73)77)75(47-15-5-3-6-16-47)51-35-37-53-57-41-71-59(43-69(57)79-67(53)39-51)60-44-70-58(42-72(60)81-71)54-38-36-52(40-68(54)80-70)76(48-17-7-4-8-18-48)64-24-14-26-66-74(64)56-20-10-12-22-62(56)78(66)50-33-29-46(2)30-34-50/h3-44H,1-2H3. The molecule has 5 heterocycles. The average Bonchev–Trinajstić information content (AvgIpc) is 4.51. The Kier molecular flexibility index (Phi) is 9.71. The number of benzene rings is 12. The number of furan rings is 3. The van der Waals surface area contributed by atoms with Crippen molar-refractivity contribution in [1.29, 1.82) is 0 Å². The van der Waals surface area contributed by atoms with Gasteiger partial charge in [-0.15, -0.1) is 0 Å². The minimum atomic E-state index is 0.791. The highest BCUT2D eigenvalue weighted by Gasteiger charge is 2.25. The number of nitrogens with zero attached hydrogens (tertiary/aromatic N) is 4. The fourth-order valence-electron chi connectivity index (χ4n) is 12.9. The van der Waals surface area contributed by atoms with Gasteiger partial charge < -0.3 is 32.2 Å². The molecule has 12 aromatic carbocycles. The highest BCUT2D eigenvalue weighted by Crippen LogP contribution is 2.48. The predicted octanol–water partition coefficient (Wildman–Crippen LogP) is 21.1. The van der Waals surface area contributed by atoms with E-state index in [9.17, 15) is 0 Å². The van der Waals surface area contributed by atoms with E-state index in [1.807, 2.05) is 0 Å². The fraction of sp³-hybridized carbons (Fsp3) is 0.0270. The number of anilines is 6. The first-order valence-corrected chi connectivity index (χ1v) is 27.6. The van der Waals surface area contributed by atoms with E-state index in [-0.39, 0.29) is 0 Å². The number of rotatable bonds is 8. The van der Waals surface area contributed by atoms with Crippen molar-refractivity contribution < 1.29 is 13.3 Å². The number of para-hydroxylation sites is 4. The molecule has 0 fully saturated rings. The summed E-state index contributed by atoms with van der Waals surface area (Å²) in [7, 11) is 0. The lowest BCUT2D eigenvalue weighted by molar-refractivity contribution is 0.662. The topological polar surface area (TPSA) is 55.8 Å². The van der Waals surface area contributed by atoms with Crippen molar-refractivity contribution in [3.63, 3.8) is 0 Å². The van der Waals surface area contributed by atoms with Crippen molar-refractivity contribution in [2.45, 2.75) is 13.8 Å². The molecule has 17 aromatic rings. The van der Waals surface area contributed by atoms with Crippen LogP contribution in [0.15, 0.2) is 268 Å². The molecule has 0 saturated carbocycles. The van der Waals surface area contributed by atoms with Crippen LogP contribution in [-0.4, -0.2) is 9.13 Å². The summed E-state index contributed by atoms with van der Waals surface area (Å²) in [6.07, 6.45) is 0. The molecule has 0 radical (unpaired) electrons. The van der Waals surface area contributed by atoms with Crippen LogP contribution in [0.5, 0.6) is 0 Å². The molecule has 7 heteroatoms. The van der Waals surface area contributed by atoms with Gasteiger partial charge in [-0.25, -0.2) is 0 Å². The van der Waals surface area contributed by atoms with Crippen LogP contribution in [0, 0.1) is 13.8 Å². The molecule has 0 aliphatic heterocycles. The van der Waals surface area contributed by atoms with Crippen LogP contribution in [0.1, 0.15) is 11.1 Å². The second-order valence-corrected chi connectivity index (χ2v) is 21.4. The molecule has 0 aliphatic carbocycles. The van der Waals surface area contributed by atoms with Gasteiger partial charge in [0, 0.05) is 100 Å². The van der Waals surface area contributed by atoms with Crippen LogP contribution in [0.4, 0.5) is 34.1 Å². The first-order chi connectivity index (χ1) is 40.0. The van der Waals surface area contributed by atoms with Gasteiger partial charge in [-0.1, -0.05) is 120 Å². The summed E-state index contributed by atoms with van der Waals surface area (Å²) in [6, 6.07) is 91.2. The normalized spacial score (nSPS) is 12.1. The van der Waals surface area contributed by atoms with Crippen LogP contribution >= 0.6 is 0 Å². The Morgan fingerprint density at radius 2 is 0.605 bits per heavy atom. The third-order valence-corrected chi connectivity index (χ3v) is 16.6.